The van der Waals surface area contributed by atoms with E-state index in [4.69, 9.17) is 65.4 Å². The molecule has 0 unspecified atom stereocenters. The minimum Gasteiger partial charge on any atom is -0.492 e. The third kappa shape index (κ3) is 12.6. The zero-order valence-corrected chi connectivity index (χ0v) is 33.9. The number of ether oxygens (including phenoxy) is 4. The van der Waals surface area contributed by atoms with Crippen molar-refractivity contribution in [2.75, 3.05) is 13.2 Å². The van der Waals surface area contributed by atoms with E-state index in [2.05, 4.69) is 23.8 Å². The second-order valence-corrected chi connectivity index (χ2v) is 14.2. The number of esters is 2. The molecule has 0 bridgehead atoms. The quantitative estimate of drug-likeness (QED) is 0.0377. The van der Waals surface area contributed by atoms with Crippen molar-refractivity contribution in [1.29, 1.82) is 0 Å². The van der Waals surface area contributed by atoms with Crippen molar-refractivity contribution < 1.29 is 28.5 Å². The Morgan fingerprint density at radius 2 is 0.893 bits per heavy atom. The monoisotopic (exact) mass is 832 g/mol. The van der Waals surface area contributed by atoms with Crippen LogP contribution in [0.4, 0.5) is 11.4 Å². The first-order valence-electron chi connectivity index (χ1n) is 18.2. The van der Waals surface area contributed by atoms with Crippen LogP contribution in [0.2, 0.25) is 20.1 Å². The molecular weight excluding hydrogens is 794 g/mol. The van der Waals surface area contributed by atoms with Crippen molar-refractivity contribution in [1.82, 2.24) is 0 Å². The summed E-state index contributed by atoms with van der Waals surface area (Å²) in [6.45, 7) is 5.50. The van der Waals surface area contributed by atoms with Gasteiger partial charge in [-0.3, -0.25) is 9.98 Å². The molecule has 0 radical (unpaired) electrons. The summed E-state index contributed by atoms with van der Waals surface area (Å²) in [6.07, 6.45) is 9.68. The van der Waals surface area contributed by atoms with Gasteiger partial charge in [-0.25, -0.2) is 9.59 Å². The van der Waals surface area contributed by atoms with Gasteiger partial charge in [0.1, 0.15) is 11.5 Å². The lowest BCUT2D eigenvalue weighted by molar-refractivity contribution is 0.0733. The van der Waals surface area contributed by atoms with E-state index in [1.807, 2.05) is 12.1 Å². The van der Waals surface area contributed by atoms with Crippen LogP contribution in [0.1, 0.15) is 84.2 Å². The van der Waals surface area contributed by atoms with Crippen LogP contribution in [0.5, 0.6) is 23.0 Å². The Labute approximate surface area is 347 Å². The third-order valence-electron chi connectivity index (χ3n) is 8.25. The van der Waals surface area contributed by atoms with Crippen molar-refractivity contribution in [3.63, 3.8) is 0 Å². The summed E-state index contributed by atoms with van der Waals surface area (Å²) >= 11 is 25.4. The molecule has 0 saturated heterocycles. The highest BCUT2D eigenvalue weighted by Crippen LogP contribution is 2.37. The highest BCUT2D eigenvalue weighted by Gasteiger charge is 2.18. The molecule has 0 saturated carbocycles. The van der Waals surface area contributed by atoms with Crippen LogP contribution in [0.15, 0.2) is 107 Å². The molecule has 0 fully saturated rings. The molecule has 8 nitrogen and oxygen atoms in total. The van der Waals surface area contributed by atoms with Gasteiger partial charge in [0.25, 0.3) is 0 Å². The van der Waals surface area contributed by atoms with Crippen LogP contribution >= 0.6 is 46.4 Å². The molecule has 5 aromatic rings. The molecule has 56 heavy (non-hydrogen) atoms. The number of carbonyl (C=O) groups is 2. The SMILES string of the molecule is CCCCCOc1ccc(N=Cc2ccc(C(=O)Oc3cc(OC(=O)c4ccc(C=Nc5ccc(OCCCCC)c(Cl)c5)cc4)c(Cl)cc3Cl)cc2)cc1Cl. The molecule has 0 spiro atoms. The summed E-state index contributed by atoms with van der Waals surface area (Å²) in [5.41, 5.74) is 3.32. The summed E-state index contributed by atoms with van der Waals surface area (Å²) in [7, 11) is 0. The summed E-state index contributed by atoms with van der Waals surface area (Å²) in [5, 5.41) is 1.08. The molecule has 0 aliphatic carbocycles. The first kappa shape index (κ1) is 42.3. The number of hydrogen-bond acceptors (Lipinski definition) is 8. The molecule has 0 amide bonds. The highest BCUT2D eigenvalue weighted by atomic mass is 35.5. The van der Waals surface area contributed by atoms with Crippen molar-refractivity contribution in [3.05, 3.63) is 139 Å². The third-order valence-corrected chi connectivity index (χ3v) is 9.43. The molecule has 0 aromatic heterocycles. The second kappa shape index (κ2) is 21.4. The topological polar surface area (TPSA) is 95.8 Å². The lowest BCUT2D eigenvalue weighted by atomic mass is 10.1. The number of unbranched alkanes of at least 4 members (excludes halogenated alkanes) is 4. The average molecular weight is 835 g/mol. The van der Waals surface area contributed by atoms with Gasteiger partial charge < -0.3 is 18.9 Å². The van der Waals surface area contributed by atoms with Crippen LogP contribution < -0.4 is 18.9 Å². The van der Waals surface area contributed by atoms with Crippen LogP contribution in [0.25, 0.3) is 0 Å². The lowest BCUT2D eigenvalue weighted by Crippen LogP contribution is -2.11. The van der Waals surface area contributed by atoms with Gasteiger partial charge in [-0.1, -0.05) is 110 Å². The van der Waals surface area contributed by atoms with E-state index in [1.54, 1.807) is 85.2 Å². The number of halogens is 4. The predicted molar refractivity (Wildman–Crippen MR) is 227 cm³/mol. The molecule has 12 heteroatoms. The van der Waals surface area contributed by atoms with Gasteiger partial charge in [-0.15, -0.1) is 0 Å². The Hall–Kier alpha value is -4.86. The fourth-order valence-corrected chi connectivity index (χ4v) is 6.05. The molecule has 290 valence electrons. The molecule has 0 aliphatic rings. The van der Waals surface area contributed by atoms with Gasteiger partial charge in [0, 0.05) is 18.5 Å². The smallest absolute Gasteiger partial charge is 0.343 e. The standard InChI is InChI=1S/C44H40Cl4N2O6/c1-3-5-7-21-53-39-19-17-33(23-35(39)45)49-27-29-9-13-31(14-10-29)43(51)55-41-26-42(38(48)25-37(41)47)56-44(52)32-15-11-30(12-16-32)28-50-34-18-20-40(36(46)24-34)54-22-8-6-4-2/h9-20,23-28H,3-8,21-22H2,1-2H3. The van der Waals surface area contributed by atoms with E-state index >= 15 is 0 Å². The molecule has 5 aromatic carbocycles. The van der Waals surface area contributed by atoms with Crippen LogP contribution in [0, 0.1) is 0 Å². The molecule has 0 atom stereocenters. The van der Waals surface area contributed by atoms with Gasteiger partial charge in [-0.2, -0.15) is 0 Å². The van der Waals surface area contributed by atoms with Crippen molar-refractivity contribution in [3.8, 4) is 23.0 Å². The zero-order valence-electron chi connectivity index (χ0n) is 30.9. The molecular formula is C44H40Cl4N2O6. The minimum atomic E-state index is -0.678. The number of hydrogen-bond donors (Lipinski definition) is 0. The summed E-state index contributed by atoms with van der Waals surface area (Å²) in [4.78, 5) is 35.0. The van der Waals surface area contributed by atoms with Crippen LogP contribution in [-0.4, -0.2) is 37.6 Å². The molecule has 0 N–H and O–H groups in total. The Morgan fingerprint density at radius 1 is 0.500 bits per heavy atom. The summed E-state index contributed by atoms with van der Waals surface area (Å²) in [6, 6.07) is 26.6. The number of rotatable bonds is 18. The normalized spacial score (nSPS) is 11.2. The van der Waals surface area contributed by atoms with Crippen molar-refractivity contribution in [2.45, 2.75) is 52.4 Å². The maximum absolute atomic E-state index is 13.0. The number of benzene rings is 5. The van der Waals surface area contributed by atoms with Crippen LogP contribution in [-0.2, 0) is 0 Å². The fourth-order valence-electron chi connectivity index (χ4n) is 5.14. The van der Waals surface area contributed by atoms with Crippen molar-refractivity contribution in [2.24, 2.45) is 9.98 Å². The summed E-state index contributed by atoms with van der Waals surface area (Å²) in [5.74, 6) is -0.183. The Bertz CT molecular complexity index is 2020. The van der Waals surface area contributed by atoms with E-state index in [9.17, 15) is 9.59 Å². The maximum atomic E-state index is 13.0. The first-order chi connectivity index (χ1) is 27.1. The van der Waals surface area contributed by atoms with Gasteiger partial charge >= 0.3 is 11.9 Å². The Balaban J connectivity index is 1.15. The second-order valence-electron chi connectivity index (χ2n) is 12.6. The van der Waals surface area contributed by atoms with Gasteiger partial charge in [-0.05, 0) is 90.7 Å². The average Bonchev–Trinajstić information content (AvgIpc) is 3.20. The summed E-state index contributed by atoms with van der Waals surface area (Å²) < 4.78 is 22.6. The lowest BCUT2D eigenvalue weighted by Gasteiger charge is -2.11. The van der Waals surface area contributed by atoms with Gasteiger partial charge in [0.2, 0.25) is 0 Å². The maximum Gasteiger partial charge on any atom is 0.343 e. The van der Waals surface area contributed by atoms with Crippen molar-refractivity contribution >= 4 is 82.1 Å². The van der Waals surface area contributed by atoms with Crippen LogP contribution in [0.3, 0.4) is 0 Å². The highest BCUT2D eigenvalue weighted by molar-refractivity contribution is 6.36. The van der Waals surface area contributed by atoms with E-state index in [0.717, 1.165) is 49.7 Å². The minimum absolute atomic E-state index is 0.0353. The number of nitrogens with zero attached hydrogens (tertiary/aromatic N) is 2. The van der Waals surface area contributed by atoms with Gasteiger partial charge in [0.05, 0.1) is 55.8 Å². The first-order valence-corrected chi connectivity index (χ1v) is 19.7. The van der Waals surface area contributed by atoms with E-state index in [1.165, 1.54) is 12.1 Å². The number of aliphatic imine (C=N–C) groups is 2. The number of carbonyl (C=O) groups excluding carboxylic acids is 2. The Morgan fingerprint density at radius 3 is 1.27 bits per heavy atom. The molecule has 0 heterocycles. The zero-order chi connectivity index (χ0) is 39.9. The molecule has 5 rings (SSSR count). The fraction of sp³-hybridized carbons (Fsp3) is 0.227. The predicted octanol–water partition coefficient (Wildman–Crippen LogP) is 13.4. The van der Waals surface area contributed by atoms with E-state index in [-0.39, 0.29) is 32.7 Å². The van der Waals surface area contributed by atoms with E-state index in [0.29, 0.717) is 46.1 Å². The molecule has 0 aliphatic heterocycles. The van der Waals surface area contributed by atoms with E-state index < -0.39 is 11.9 Å². The van der Waals surface area contributed by atoms with Gasteiger partial charge in [0.15, 0.2) is 11.5 Å². The largest absolute Gasteiger partial charge is 0.492 e. The Kier molecular flexibility index (Phi) is 16.2.